The van der Waals surface area contributed by atoms with Gasteiger partial charge in [-0.2, -0.15) is 17.2 Å². The molecule has 0 radical (unpaired) electrons. The average molecular weight is 393 g/mol. The molecule has 0 aromatic carbocycles. The molecule has 112 valence electrons. The maximum Gasteiger partial charge on any atom is 2.00 e. The normalized spacial score (nSPS) is 18.9. The van der Waals surface area contributed by atoms with Gasteiger partial charge in [-0.15, -0.1) is 38.2 Å². The van der Waals surface area contributed by atoms with Crippen molar-refractivity contribution in [2.45, 2.75) is 53.9 Å². The van der Waals surface area contributed by atoms with Crippen LogP contribution in [0, 0.1) is 18.1 Å². The summed E-state index contributed by atoms with van der Waals surface area (Å²) in [4.78, 5) is 0. The number of halogens is 2. The van der Waals surface area contributed by atoms with E-state index in [1.807, 2.05) is 0 Å². The molecule has 0 amide bonds. The fourth-order valence-electron chi connectivity index (χ4n) is 2.05. The van der Waals surface area contributed by atoms with Crippen molar-refractivity contribution >= 4 is 24.8 Å². The van der Waals surface area contributed by atoms with Crippen LogP contribution in [0.2, 0.25) is 0 Å². The Bertz CT molecular complexity index is 390. The zero-order valence-electron chi connectivity index (χ0n) is 13.2. The number of allylic oxidation sites excluding steroid dienone is 8. The molecule has 1 unspecified atom stereocenters. The minimum absolute atomic E-state index is 0. The van der Waals surface area contributed by atoms with Crippen molar-refractivity contribution in [2.75, 3.05) is 0 Å². The van der Waals surface area contributed by atoms with Crippen LogP contribution in [-0.2, 0) is 26.2 Å². The molecule has 0 bridgehead atoms. The molecule has 0 saturated heterocycles. The average Bonchev–Trinajstić information content (AvgIpc) is 2.87. The summed E-state index contributed by atoms with van der Waals surface area (Å²) in [5, 5.41) is 0. The molecule has 0 saturated carbocycles. The van der Waals surface area contributed by atoms with E-state index >= 15 is 0 Å². The third kappa shape index (κ3) is 8.01. The second-order valence-corrected chi connectivity index (χ2v) is 4.86. The van der Waals surface area contributed by atoms with Gasteiger partial charge in [0.1, 0.15) is 0 Å². The third-order valence-corrected chi connectivity index (χ3v) is 3.52. The Morgan fingerprint density at radius 1 is 1.20 bits per heavy atom. The molecule has 2 rings (SSSR count). The summed E-state index contributed by atoms with van der Waals surface area (Å²) in [6.07, 6.45) is 14.4. The standard InChI is InChI=1S/C9H13.C8H11.2ClH.Zr/c1-6-5-7(2)9(4)8(6)3;1-2-5-8-6-3-4-7-8;;;/h6H,1-4H3;3,6H,2,4-5H2,1H3;2*1H;/q2*-1;;;+2. The SMILES string of the molecule is CC1=[C-]C(C)C(C)=C1C.CCCC1=[C-]CC=C1.Cl.Cl.[Zr+2]. The summed E-state index contributed by atoms with van der Waals surface area (Å²) in [7, 11) is 0. The molecule has 0 N–H and O–H groups in total. The maximum atomic E-state index is 3.36. The predicted molar refractivity (Wildman–Crippen MR) is 89.9 cm³/mol. The zero-order chi connectivity index (χ0) is 12.8. The molecule has 0 heterocycles. The van der Waals surface area contributed by atoms with Gasteiger partial charge in [-0.05, 0) is 0 Å². The summed E-state index contributed by atoms with van der Waals surface area (Å²) >= 11 is 0. The van der Waals surface area contributed by atoms with Gasteiger partial charge in [0.05, 0.1) is 0 Å². The quantitative estimate of drug-likeness (QED) is 0.503. The molecule has 0 aliphatic heterocycles. The molecule has 0 nitrogen and oxygen atoms in total. The van der Waals surface area contributed by atoms with Crippen LogP contribution < -0.4 is 0 Å². The summed E-state index contributed by atoms with van der Waals surface area (Å²) < 4.78 is 0. The van der Waals surface area contributed by atoms with Crippen molar-refractivity contribution in [1.29, 1.82) is 0 Å². The minimum Gasteiger partial charge on any atom is -0.269 e. The van der Waals surface area contributed by atoms with Crippen molar-refractivity contribution in [3.63, 3.8) is 0 Å². The van der Waals surface area contributed by atoms with Gasteiger partial charge in [0.25, 0.3) is 0 Å². The Balaban J connectivity index is -0.000000252. The van der Waals surface area contributed by atoms with Crippen molar-refractivity contribution in [2.24, 2.45) is 5.92 Å². The Morgan fingerprint density at radius 3 is 2.05 bits per heavy atom. The van der Waals surface area contributed by atoms with Gasteiger partial charge in [-0.1, -0.05) is 46.5 Å². The predicted octanol–water partition coefficient (Wildman–Crippen LogP) is 6.04. The van der Waals surface area contributed by atoms with Crippen LogP contribution in [0.3, 0.4) is 0 Å². The Labute approximate surface area is 156 Å². The molecular formula is C17H26Cl2Zr. The van der Waals surface area contributed by atoms with Gasteiger partial charge in [0.2, 0.25) is 0 Å². The molecular weight excluding hydrogens is 366 g/mol. The molecule has 0 spiro atoms. The van der Waals surface area contributed by atoms with E-state index in [0.717, 1.165) is 6.42 Å². The van der Waals surface area contributed by atoms with Crippen LogP contribution in [0.4, 0.5) is 0 Å². The topological polar surface area (TPSA) is 0 Å². The first-order valence-corrected chi connectivity index (χ1v) is 6.60. The fraction of sp³-hybridized carbons (Fsp3) is 0.529. The van der Waals surface area contributed by atoms with Crippen LogP contribution in [0.15, 0.2) is 34.4 Å². The molecule has 0 aromatic heterocycles. The van der Waals surface area contributed by atoms with Gasteiger partial charge >= 0.3 is 26.2 Å². The van der Waals surface area contributed by atoms with E-state index in [4.69, 9.17) is 0 Å². The third-order valence-electron chi connectivity index (χ3n) is 3.52. The minimum atomic E-state index is 0. The summed E-state index contributed by atoms with van der Waals surface area (Å²) in [6, 6.07) is 0. The summed E-state index contributed by atoms with van der Waals surface area (Å²) in [6.45, 7) is 10.9. The monoisotopic (exact) mass is 390 g/mol. The molecule has 0 aromatic rings. The molecule has 3 heteroatoms. The maximum absolute atomic E-state index is 3.36. The van der Waals surface area contributed by atoms with E-state index in [9.17, 15) is 0 Å². The number of rotatable bonds is 2. The van der Waals surface area contributed by atoms with Crippen molar-refractivity contribution in [3.8, 4) is 0 Å². The Kier molecular flexibility index (Phi) is 16.6. The second-order valence-electron chi connectivity index (χ2n) is 4.86. The van der Waals surface area contributed by atoms with E-state index in [2.05, 4.69) is 58.9 Å². The number of hydrogen-bond donors (Lipinski definition) is 0. The van der Waals surface area contributed by atoms with Gasteiger partial charge < -0.3 is 0 Å². The molecule has 2 aliphatic rings. The summed E-state index contributed by atoms with van der Waals surface area (Å²) in [5.74, 6) is 0.560. The number of hydrogen-bond acceptors (Lipinski definition) is 0. The van der Waals surface area contributed by atoms with Crippen LogP contribution in [-0.4, -0.2) is 0 Å². The van der Waals surface area contributed by atoms with Crippen LogP contribution in [0.25, 0.3) is 0 Å². The van der Waals surface area contributed by atoms with E-state index in [1.165, 1.54) is 35.1 Å². The zero-order valence-corrected chi connectivity index (χ0v) is 17.3. The smallest absolute Gasteiger partial charge is 0.269 e. The molecule has 0 fully saturated rings. The van der Waals surface area contributed by atoms with Crippen LogP contribution in [0.5, 0.6) is 0 Å². The first-order valence-electron chi connectivity index (χ1n) is 6.60. The van der Waals surface area contributed by atoms with Gasteiger partial charge in [0, 0.05) is 0 Å². The summed E-state index contributed by atoms with van der Waals surface area (Å²) in [5.41, 5.74) is 5.64. The van der Waals surface area contributed by atoms with Crippen molar-refractivity contribution in [1.82, 2.24) is 0 Å². The van der Waals surface area contributed by atoms with E-state index < -0.39 is 0 Å². The van der Waals surface area contributed by atoms with E-state index in [1.54, 1.807) is 0 Å². The van der Waals surface area contributed by atoms with Gasteiger partial charge in [0.15, 0.2) is 0 Å². The van der Waals surface area contributed by atoms with Crippen LogP contribution >= 0.6 is 24.8 Å². The van der Waals surface area contributed by atoms with Gasteiger partial charge in [-0.25, -0.2) is 17.2 Å². The Morgan fingerprint density at radius 2 is 1.80 bits per heavy atom. The van der Waals surface area contributed by atoms with Crippen molar-refractivity contribution in [3.05, 3.63) is 46.6 Å². The molecule has 2 aliphatic carbocycles. The first kappa shape index (κ1) is 25.4. The van der Waals surface area contributed by atoms with E-state index in [0.29, 0.717) is 5.92 Å². The first-order chi connectivity index (χ1) is 8.06. The Hall–Kier alpha value is 0.423. The molecule has 20 heavy (non-hydrogen) atoms. The van der Waals surface area contributed by atoms with E-state index in [-0.39, 0.29) is 51.0 Å². The van der Waals surface area contributed by atoms with Crippen LogP contribution in [0.1, 0.15) is 53.9 Å². The fourth-order valence-corrected chi connectivity index (χ4v) is 2.05. The largest absolute Gasteiger partial charge is 2.00 e. The van der Waals surface area contributed by atoms with Gasteiger partial charge in [-0.3, -0.25) is 12.2 Å². The van der Waals surface area contributed by atoms with Crippen molar-refractivity contribution < 1.29 is 26.2 Å². The second kappa shape index (κ2) is 13.1. The molecule has 1 atom stereocenters.